The molecule has 1 amide bonds. The molecule has 2 rings (SSSR count). The molecule has 1 heterocycles. The number of rotatable bonds is 6. The van der Waals surface area contributed by atoms with E-state index in [1.807, 2.05) is 39.8 Å². The van der Waals surface area contributed by atoms with Crippen LogP contribution in [0, 0.1) is 20.8 Å². The number of aryl methyl sites for hydroxylation is 2. The van der Waals surface area contributed by atoms with Crippen molar-refractivity contribution in [1.82, 2.24) is 5.32 Å². The first-order valence-corrected chi connectivity index (χ1v) is 8.09. The van der Waals surface area contributed by atoms with Gasteiger partial charge < -0.3 is 19.6 Å². The first-order chi connectivity index (χ1) is 11.3. The van der Waals surface area contributed by atoms with E-state index in [4.69, 9.17) is 9.15 Å². The van der Waals surface area contributed by atoms with Crippen LogP contribution < -0.4 is 10.1 Å². The minimum Gasteiger partial charge on any atom is -0.491 e. The van der Waals surface area contributed by atoms with Crippen LogP contribution in [0.25, 0.3) is 0 Å². The molecule has 0 saturated carbocycles. The number of aliphatic hydroxyl groups excluding tert-OH is 1. The number of ether oxygens (including phenoxy) is 1. The highest BCUT2D eigenvalue weighted by Crippen LogP contribution is 2.21. The van der Waals surface area contributed by atoms with Crippen LogP contribution >= 0.6 is 0 Å². The quantitative estimate of drug-likeness (QED) is 0.850. The predicted molar refractivity (Wildman–Crippen MR) is 92.4 cm³/mol. The van der Waals surface area contributed by atoms with Gasteiger partial charge >= 0.3 is 0 Å². The maximum Gasteiger partial charge on any atom is 0.255 e. The summed E-state index contributed by atoms with van der Waals surface area (Å²) in [5, 5.41) is 13.0. The van der Waals surface area contributed by atoms with E-state index in [2.05, 4.69) is 5.32 Å². The summed E-state index contributed by atoms with van der Waals surface area (Å²) in [6.07, 6.45) is -0.680. The number of benzene rings is 1. The topological polar surface area (TPSA) is 71.7 Å². The summed E-state index contributed by atoms with van der Waals surface area (Å²) < 4.78 is 11.0. The molecule has 24 heavy (non-hydrogen) atoms. The van der Waals surface area contributed by atoms with Crippen LogP contribution in [0.2, 0.25) is 0 Å². The lowest BCUT2D eigenvalue weighted by atomic mass is 10.1. The van der Waals surface area contributed by atoms with Gasteiger partial charge in [-0.1, -0.05) is 12.1 Å². The summed E-state index contributed by atoms with van der Waals surface area (Å²) in [5.41, 5.74) is 2.10. The Morgan fingerprint density at radius 3 is 2.29 bits per heavy atom. The Kier molecular flexibility index (Phi) is 5.67. The van der Waals surface area contributed by atoms with Gasteiger partial charge in [0.25, 0.3) is 5.91 Å². The van der Waals surface area contributed by atoms with E-state index < -0.39 is 6.10 Å². The number of carbonyl (C=O) groups excluding carboxylic acids is 1. The summed E-state index contributed by atoms with van der Waals surface area (Å²) in [4.78, 5) is 12.3. The molecule has 0 radical (unpaired) electrons. The Balaban J connectivity index is 1.97. The van der Waals surface area contributed by atoms with Crippen LogP contribution in [0.4, 0.5) is 0 Å². The number of aliphatic hydroxyl groups is 1. The molecule has 130 valence electrons. The van der Waals surface area contributed by atoms with Gasteiger partial charge in [0.1, 0.15) is 17.3 Å². The molecule has 0 saturated heterocycles. The Hall–Kier alpha value is -2.27. The second-order valence-corrected chi connectivity index (χ2v) is 6.18. The fraction of sp³-hybridized carbons (Fsp3) is 0.421. The van der Waals surface area contributed by atoms with Crippen molar-refractivity contribution in [3.05, 3.63) is 52.5 Å². The third-order valence-corrected chi connectivity index (χ3v) is 3.88. The van der Waals surface area contributed by atoms with Gasteiger partial charge in [-0.3, -0.25) is 4.79 Å². The number of nitrogens with one attached hydrogen (secondary N) is 1. The standard InChI is InChI=1S/C19H25NO4/c1-11(2)23-16-8-6-15(7-9-16)17(21)10-20-19(22)18-12(3)13(4)24-14(18)5/h6-9,11,17,21H,10H2,1-5H3,(H,20,22). The van der Waals surface area contributed by atoms with Crippen molar-refractivity contribution in [2.75, 3.05) is 6.54 Å². The number of carbonyl (C=O) groups is 1. The van der Waals surface area contributed by atoms with Gasteiger partial charge in [-0.05, 0) is 52.3 Å². The highest BCUT2D eigenvalue weighted by atomic mass is 16.5. The Morgan fingerprint density at radius 2 is 1.79 bits per heavy atom. The molecule has 2 N–H and O–H groups in total. The van der Waals surface area contributed by atoms with E-state index in [0.29, 0.717) is 11.3 Å². The van der Waals surface area contributed by atoms with Crippen LogP contribution in [-0.4, -0.2) is 23.7 Å². The lowest BCUT2D eigenvalue weighted by molar-refractivity contribution is 0.0914. The third kappa shape index (κ3) is 4.17. The van der Waals surface area contributed by atoms with Gasteiger partial charge in [-0.15, -0.1) is 0 Å². The normalized spacial score (nSPS) is 12.3. The number of furan rings is 1. The fourth-order valence-corrected chi connectivity index (χ4v) is 2.56. The molecule has 0 fully saturated rings. The minimum absolute atomic E-state index is 0.102. The fourth-order valence-electron chi connectivity index (χ4n) is 2.56. The van der Waals surface area contributed by atoms with Crippen molar-refractivity contribution in [1.29, 1.82) is 0 Å². The summed E-state index contributed by atoms with van der Waals surface area (Å²) in [6.45, 7) is 9.49. The monoisotopic (exact) mass is 331 g/mol. The summed E-state index contributed by atoms with van der Waals surface area (Å²) in [5.74, 6) is 1.84. The number of hydrogen-bond acceptors (Lipinski definition) is 4. The molecule has 0 aliphatic carbocycles. The molecule has 1 aromatic heterocycles. The Morgan fingerprint density at radius 1 is 1.17 bits per heavy atom. The van der Waals surface area contributed by atoms with Gasteiger partial charge in [0.05, 0.1) is 17.8 Å². The zero-order valence-electron chi connectivity index (χ0n) is 14.8. The van der Waals surface area contributed by atoms with Crippen LogP contribution in [0.15, 0.2) is 28.7 Å². The van der Waals surface area contributed by atoms with E-state index in [1.54, 1.807) is 19.1 Å². The van der Waals surface area contributed by atoms with Crippen molar-refractivity contribution in [2.45, 2.75) is 46.8 Å². The van der Waals surface area contributed by atoms with Crippen molar-refractivity contribution >= 4 is 5.91 Å². The highest BCUT2D eigenvalue weighted by molar-refractivity contribution is 5.96. The first-order valence-electron chi connectivity index (χ1n) is 8.09. The van der Waals surface area contributed by atoms with Crippen LogP contribution in [0.5, 0.6) is 5.75 Å². The van der Waals surface area contributed by atoms with Gasteiger partial charge in [0.15, 0.2) is 0 Å². The average Bonchev–Trinajstić information content (AvgIpc) is 2.77. The van der Waals surface area contributed by atoms with Gasteiger partial charge in [-0.2, -0.15) is 0 Å². The molecular formula is C19H25NO4. The first kappa shape index (κ1) is 18.1. The van der Waals surface area contributed by atoms with Crippen LogP contribution in [0.3, 0.4) is 0 Å². The molecule has 1 unspecified atom stereocenters. The smallest absolute Gasteiger partial charge is 0.255 e. The van der Waals surface area contributed by atoms with Gasteiger partial charge in [0.2, 0.25) is 0 Å². The predicted octanol–water partition coefficient (Wildman–Crippen LogP) is 3.46. The third-order valence-electron chi connectivity index (χ3n) is 3.88. The lowest BCUT2D eigenvalue weighted by Crippen LogP contribution is -2.29. The van der Waals surface area contributed by atoms with Crippen LogP contribution in [-0.2, 0) is 0 Å². The van der Waals surface area contributed by atoms with Gasteiger partial charge in [0, 0.05) is 12.1 Å². The number of hydrogen-bond donors (Lipinski definition) is 2. The summed E-state index contributed by atoms with van der Waals surface area (Å²) >= 11 is 0. The molecule has 5 heteroatoms. The molecule has 1 atom stereocenters. The minimum atomic E-state index is -0.782. The molecule has 2 aromatic rings. The maximum absolute atomic E-state index is 12.3. The van der Waals surface area contributed by atoms with E-state index in [9.17, 15) is 9.90 Å². The zero-order chi connectivity index (χ0) is 17.9. The Labute approximate surface area is 142 Å². The molecule has 0 bridgehead atoms. The molecule has 0 aliphatic heterocycles. The Bertz CT molecular complexity index is 701. The molecular weight excluding hydrogens is 306 g/mol. The van der Waals surface area contributed by atoms with E-state index in [0.717, 1.165) is 22.6 Å². The van der Waals surface area contributed by atoms with Crippen molar-refractivity contribution in [2.24, 2.45) is 0 Å². The average molecular weight is 331 g/mol. The maximum atomic E-state index is 12.3. The van der Waals surface area contributed by atoms with Crippen LogP contribution in [0.1, 0.15) is 53.0 Å². The zero-order valence-corrected chi connectivity index (χ0v) is 14.8. The van der Waals surface area contributed by atoms with E-state index >= 15 is 0 Å². The van der Waals surface area contributed by atoms with E-state index in [-0.39, 0.29) is 18.6 Å². The summed E-state index contributed by atoms with van der Waals surface area (Å²) in [7, 11) is 0. The van der Waals surface area contributed by atoms with Crippen molar-refractivity contribution in [3.8, 4) is 5.75 Å². The highest BCUT2D eigenvalue weighted by Gasteiger charge is 2.19. The SMILES string of the molecule is Cc1oc(C)c(C(=O)NCC(O)c2ccc(OC(C)C)cc2)c1C. The molecule has 0 aliphatic rings. The van der Waals surface area contributed by atoms with E-state index in [1.165, 1.54) is 0 Å². The lowest BCUT2D eigenvalue weighted by Gasteiger charge is -2.14. The van der Waals surface area contributed by atoms with Crippen molar-refractivity contribution < 1.29 is 19.1 Å². The largest absolute Gasteiger partial charge is 0.491 e. The molecule has 0 spiro atoms. The van der Waals surface area contributed by atoms with Gasteiger partial charge in [-0.25, -0.2) is 0 Å². The number of amides is 1. The molecule has 5 nitrogen and oxygen atoms in total. The summed E-state index contributed by atoms with van der Waals surface area (Å²) in [6, 6.07) is 7.22. The molecule has 1 aromatic carbocycles. The second-order valence-electron chi connectivity index (χ2n) is 6.18. The second kappa shape index (κ2) is 7.53. The van der Waals surface area contributed by atoms with Crippen molar-refractivity contribution in [3.63, 3.8) is 0 Å².